The number of nitrogens with two attached hydrogens (primary N) is 1. The summed E-state index contributed by atoms with van der Waals surface area (Å²) in [7, 11) is 0. The number of hydrogen-bond donors (Lipinski definition) is 1. The molecule has 18 heavy (non-hydrogen) atoms. The van der Waals surface area contributed by atoms with E-state index < -0.39 is 0 Å². The van der Waals surface area contributed by atoms with Crippen molar-refractivity contribution in [1.82, 2.24) is 4.90 Å². The normalized spacial score (nSPS) is 29.9. The van der Waals surface area contributed by atoms with E-state index in [9.17, 15) is 0 Å². The highest BCUT2D eigenvalue weighted by molar-refractivity contribution is 5.18. The van der Waals surface area contributed by atoms with Gasteiger partial charge in [-0.15, -0.1) is 0 Å². The van der Waals surface area contributed by atoms with Gasteiger partial charge in [0.2, 0.25) is 0 Å². The molecule has 0 spiro atoms. The van der Waals surface area contributed by atoms with Crippen molar-refractivity contribution >= 4 is 0 Å². The molecule has 2 heterocycles. The van der Waals surface area contributed by atoms with Gasteiger partial charge in [-0.05, 0) is 44.8 Å². The first-order valence-corrected chi connectivity index (χ1v) is 7.66. The number of likely N-dealkylation sites (tertiary alicyclic amines) is 1. The predicted octanol–water partition coefficient (Wildman–Crippen LogP) is 2.42. The second-order valence-corrected chi connectivity index (χ2v) is 6.08. The lowest BCUT2D eigenvalue weighted by Crippen LogP contribution is -2.60. The maximum atomic E-state index is 6.62. The zero-order valence-corrected chi connectivity index (χ0v) is 11.4. The zero-order valence-electron chi connectivity index (χ0n) is 11.4. The fourth-order valence-corrected chi connectivity index (χ4v) is 4.07. The second-order valence-electron chi connectivity index (χ2n) is 6.08. The van der Waals surface area contributed by atoms with Gasteiger partial charge >= 0.3 is 0 Å². The van der Waals surface area contributed by atoms with Crippen LogP contribution in [-0.2, 0) is 4.74 Å². The van der Waals surface area contributed by atoms with Crippen LogP contribution < -0.4 is 5.73 Å². The van der Waals surface area contributed by atoms with Crippen molar-refractivity contribution in [2.75, 3.05) is 19.7 Å². The quantitative estimate of drug-likeness (QED) is 0.836. The van der Waals surface area contributed by atoms with Gasteiger partial charge < -0.3 is 10.5 Å². The minimum atomic E-state index is 0.0978. The van der Waals surface area contributed by atoms with Crippen LogP contribution in [0.25, 0.3) is 0 Å². The molecule has 1 saturated heterocycles. The minimum absolute atomic E-state index is 0.0978. The molecule has 0 aromatic carbocycles. The van der Waals surface area contributed by atoms with Crippen LogP contribution in [0.15, 0.2) is 11.8 Å². The average molecular weight is 250 g/mol. The first-order valence-electron chi connectivity index (χ1n) is 7.66. The van der Waals surface area contributed by atoms with Crippen molar-refractivity contribution in [2.45, 2.75) is 62.9 Å². The van der Waals surface area contributed by atoms with E-state index in [1.807, 2.05) is 0 Å². The van der Waals surface area contributed by atoms with Gasteiger partial charge in [0.05, 0.1) is 12.6 Å². The van der Waals surface area contributed by atoms with Gasteiger partial charge in [-0.2, -0.15) is 0 Å². The number of piperidine rings is 1. The molecule has 0 radical (unpaired) electrons. The van der Waals surface area contributed by atoms with Crippen molar-refractivity contribution in [1.29, 1.82) is 0 Å². The van der Waals surface area contributed by atoms with Gasteiger partial charge in [-0.3, -0.25) is 4.90 Å². The van der Waals surface area contributed by atoms with Gasteiger partial charge in [-0.25, -0.2) is 0 Å². The third-order valence-electron chi connectivity index (χ3n) is 5.07. The lowest BCUT2D eigenvalue weighted by molar-refractivity contribution is 0.0411. The molecule has 0 aromatic heterocycles. The summed E-state index contributed by atoms with van der Waals surface area (Å²) in [4.78, 5) is 2.69. The van der Waals surface area contributed by atoms with E-state index in [-0.39, 0.29) is 11.6 Å². The highest BCUT2D eigenvalue weighted by atomic mass is 16.5. The molecule has 0 amide bonds. The summed E-state index contributed by atoms with van der Waals surface area (Å²) >= 11 is 0. The first-order chi connectivity index (χ1) is 8.83. The molecular weight excluding hydrogens is 224 g/mol. The van der Waals surface area contributed by atoms with Gasteiger partial charge in [-0.1, -0.05) is 19.3 Å². The van der Waals surface area contributed by atoms with Crippen LogP contribution in [-0.4, -0.2) is 36.2 Å². The van der Waals surface area contributed by atoms with Crippen molar-refractivity contribution < 1.29 is 4.74 Å². The van der Waals surface area contributed by atoms with Gasteiger partial charge in [0.25, 0.3) is 0 Å². The SMILES string of the molecule is NC(C1=CCCO1)C1(N2CCCCC2)CCCC1. The Labute approximate surface area is 110 Å². The summed E-state index contributed by atoms with van der Waals surface area (Å²) in [6, 6.07) is 0.0978. The number of hydrogen-bond acceptors (Lipinski definition) is 3. The molecule has 3 heteroatoms. The largest absolute Gasteiger partial charge is 0.496 e. The van der Waals surface area contributed by atoms with Crippen molar-refractivity contribution in [3.63, 3.8) is 0 Å². The van der Waals surface area contributed by atoms with Crippen LogP contribution in [0.4, 0.5) is 0 Å². The first kappa shape index (κ1) is 12.5. The van der Waals surface area contributed by atoms with Crippen molar-refractivity contribution in [3.8, 4) is 0 Å². The summed E-state index contributed by atoms with van der Waals surface area (Å²) in [5.41, 5.74) is 6.82. The molecule has 0 bridgehead atoms. The molecule has 2 N–H and O–H groups in total. The smallest absolute Gasteiger partial charge is 0.111 e. The molecule has 2 aliphatic heterocycles. The highest BCUT2D eigenvalue weighted by Crippen LogP contribution is 2.41. The number of nitrogens with zero attached hydrogens (tertiary/aromatic N) is 1. The average Bonchev–Trinajstić information content (AvgIpc) is 3.11. The molecule has 0 aromatic rings. The summed E-state index contributed by atoms with van der Waals surface area (Å²) in [6.45, 7) is 3.31. The van der Waals surface area contributed by atoms with Crippen LogP contribution in [0.3, 0.4) is 0 Å². The Morgan fingerprint density at radius 2 is 1.83 bits per heavy atom. The van der Waals surface area contributed by atoms with E-state index in [2.05, 4.69) is 11.0 Å². The minimum Gasteiger partial charge on any atom is -0.496 e. The van der Waals surface area contributed by atoms with Crippen LogP contribution in [0.5, 0.6) is 0 Å². The van der Waals surface area contributed by atoms with E-state index in [1.165, 1.54) is 58.0 Å². The molecular formula is C15H26N2O. The molecule has 1 saturated carbocycles. The molecule has 2 fully saturated rings. The molecule has 1 atom stereocenters. The Morgan fingerprint density at radius 1 is 1.11 bits per heavy atom. The van der Waals surface area contributed by atoms with Gasteiger partial charge in [0.15, 0.2) is 0 Å². The molecule has 1 aliphatic carbocycles. The Kier molecular flexibility index (Phi) is 3.62. The lowest BCUT2D eigenvalue weighted by atomic mass is 9.84. The van der Waals surface area contributed by atoms with Gasteiger partial charge in [0, 0.05) is 12.0 Å². The number of rotatable bonds is 3. The second kappa shape index (κ2) is 5.22. The molecule has 3 nitrogen and oxygen atoms in total. The molecule has 3 rings (SSSR count). The van der Waals surface area contributed by atoms with E-state index in [0.29, 0.717) is 0 Å². The molecule has 102 valence electrons. The highest BCUT2D eigenvalue weighted by Gasteiger charge is 2.46. The van der Waals surface area contributed by atoms with Crippen LogP contribution >= 0.6 is 0 Å². The maximum absolute atomic E-state index is 6.62. The third-order valence-corrected chi connectivity index (χ3v) is 5.07. The van der Waals surface area contributed by atoms with Crippen LogP contribution in [0.1, 0.15) is 51.4 Å². The molecule has 1 unspecified atom stereocenters. The Balaban J connectivity index is 1.80. The van der Waals surface area contributed by atoms with Gasteiger partial charge in [0.1, 0.15) is 5.76 Å². The Hall–Kier alpha value is -0.540. The van der Waals surface area contributed by atoms with E-state index in [0.717, 1.165) is 18.8 Å². The third kappa shape index (κ3) is 2.08. The summed E-state index contributed by atoms with van der Waals surface area (Å²) in [5.74, 6) is 1.07. The molecule has 3 aliphatic rings. The zero-order chi connectivity index (χ0) is 12.4. The van der Waals surface area contributed by atoms with E-state index in [4.69, 9.17) is 10.5 Å². The fraction of sp³-hybridized carbons (Fsp3) is 0.867. The van der Waals surface area contributed by atoms with E-state index in [1.54, 1.807) is 0 Å². The lowest BCUT2D eigenvalue weighted by Gasteiger charge is -2.47. The summed E-state index contributed by atoms with van der Waals surface area (Å²) in [6.07, 6.45) is 12.5. The van der Waals surface area contributed by atoms with Crippen molar-refractivity contribution in [2.24, 2.45) is 5.73 Å². The van der Waals surface area contributed by atoms with Crippen molar-refractivity contribution in [3.05, 3.63) is 11.8 Å². The summed E-state index contributed by atoms with van der Waals surface area (Å²) in [5, 5.41) is 0. The van der Waals surface area contributed by atoms with Crippen LogP contribution in [0.2, 0.25) is 0 Å². The maximum Gasteiger partial charge on any atom is 0.111 e. The Bertz CT molecular complexity index is 314. The Morgan fingerprint density at radius 3 is 2.44 bits per heavy atom. The van der Waals surface area contributed by atoms with Crippen LogP contribution in [0, 0.1) is 0 Å². The standard InChI is InChI=1S/C15H26N2O/c16-14(13-7-6-12-18-13)15(8-2-3-9-15)17-10-4-1-5-11-17/h7,14H,1-6,8-12,16H2. The monoisotopic (exact) mass is 250 g/mol. The summed E-state index contributed by atoms with van der Waals surface area (Å²) < 4.78 is 5.75. The fourth-order valence-electron chi connectivity index (χ4n) is 4.07. The predicted molar refractivity (Wildman–Crippen MR) is 73.3 cm³/mol. The number of ether oxygens (including phenoxy) is 1. The topological polar surface area (TPSA) is 38.5 Å². The van der Waals surface area contributed by atoms with E-state index >= 15 is 0 Å².